The van der Waals surface area contributed by atoms with Crippen LogP contribution >= 0.6 is 0 Å². The van der Waals surface area contributed by atoms with Gasteiger partial charge in [0.15, 0.2) is 0 Å². The highest BCUT2D eigenvalue weighted by Crippen LogP contribution is 2.24. The van der Waals surface area contributed by atoms with E-state index in [2.05, 4.69) is 10.1 Å². The molecule has 2 heterocycles. The Morgan fingerprint density at radius 2 is 2.24 bits per heavy atom. The number of morpholine rings is 1. The fraction of sp³-hybridized carbons (Fsp3) is 0.750. The van der Waals surface area contributed by atoms with Crippen LogP contribution in [0.2, 0.25) is 0 Å². The van der Waals surface area contributed by atoms with Gasteiger partial charge in [0, 0.05) is 18.7 Å². The molecule has 2 rings (SSSR count). The number of aromatic nitrogens is 1. The number of aliphatic hydroxyl groups is 1. The van der Waals surface area contributed by atoms with Crippen molar-refractivity contribution in [3.8, 4) is 0 Å². The highest BCUT2D eigenvalue weighted by Gasteiger charge is 2.35. The number of nitrogens with zero attached hydrogens (tertiary/aromatic N) is 2. The van der Waals surface area contributed by atoms with Gasteiger partial charge in [-0.15, -0.1) is 0 Å². The predicted octanol–water partition coefficient (Wildman–Crippen LogP) is 0.875. The van der Waals surface area contributed by atoms with Crippen LogP contribution in [0.3, 0.4) is 0 Å². The van der Waals surface area contributed by atoms with E-state index in [1.807, 2.05) is 20.8 Å². The van der Waals surface area contributed by atoms with Gasteiger partial charge in [-0.2, -0.15) is 0 Å². The lowest BCUT2D eigenvalue weighted by atomic mass is 9.99. The van der Waals surface area contributed by atoms with Crippen molar-refractivity contribution in [3.05, 3.63) is 17.0 Å². The van der Waals surface area contributed by atoms with Crippen LogP contribution in [0, 0.1) is 13.8 Å². The van der Waals surface area contributed by atoms with Crippen LogP contribution in [0.4, 0.5) is 0 Å². The van der Waals surface area contributed by atoms with Crippen LogP contribution in [-0.2, 0) is 11.3 Å². The zero-order valence-electron chi connectivity index (χ0n) is 10.7. The zero-order chi connectivity index (χ0) is 12.5. The standard InChI is InChI=1S/C12H20N2O3/c1-9-11(10(2)17-13-9)6-14-4-5-16-8-12(14,3)7-15/h15H,4-8H2,1-3H3. The van der Waals surface area contributed by atoms with Gasteiger partial charge in [0.2, 0.25) is 0 Å². The molecular formula is C12H20N2O3. The Kier molecular flexibility index (Phi) is 3.51. The first-order valence-electron chi connectivity index (χ1n) is 5.92. The fourth-order valence-electron chi connectivity index (χ4n) is 2.16. The molecular weight excluding hydrogens is 220 g/mol. The third kappa shape index (κ3) is 2.36. The summed E-state index contributed by atoms with van der Waals surface area (Å²) in [7, 11) is 0. The summed E-state index contributed by atoms with van der Waals surface area (Å²) in [6, 6.07) is 0. The third-order valence-electron chi connectivity index (χ3n) is 3.55. The second kappa shape index (κ2) is 4.76. The van der Waals surface area contributed by atoms with Gasteiger partial charge in [0.25, 0.3) is 0 Å². The van der Waals surface area contributed by atoms with Crippen LogP contribution in [-0.4, -0.2) is 47.1 Å². The highest BCUT2D eigenvalue weighted by molar-refractivity contribution is 5.21. The van der Waals surface area contributed by atoms with Crippen molar-refractivity contribution >= 4 is 0 Å². The number of aryl methyl sites for hydroxylation is 2. The monoisotopic (exact) mass is 240 g/mol. The number of ether oxygens (including phenoxy) is 1. The highest BCUT2D eigenvalue weighted by atomic mass is 16.5. The van der Waals surface area contributed by atoms with E-state index < -0.39 is 0 Å². The molecule has 17 heavy (non-hydrogen) atoms. The maximum atomic E-state index is 9.53. The lowest BCUT2D eigenvalue weighted by Gasteiger charge is -2.43. The van der Waals surface area contributed by atoms with Crippen molar-refractivity contribution in [2.75, 3.05) is 26.4 Å². The van der Waals surface area contributed by atoms with Crippen molar-refractivity contribution < 1.29 is 14.4 Å². The van der Waals surface area contributed by atoms with Gasteiger partial charge in [-0.3, -0.25) is 4.90 Å². The average Bonchev–Trinajstić information content (AvgIpc) is 2.64. The quantitative estimate of drug-likeness (QED) is 0.849. The maximum Gasteiger partial charge on any atom is 0.138 e. The first-order chi connectivity index (χ1) is 8.07. The molecule has 0 spiro atoms. The average molecular weight is 240 g/mol. The summed E-state index contributed by atoms with van der Waals surface area (Å²) in [5.74, 6) is 0.856. The van der Waals surface area contributed by atoms with Crippen molar-refractivity contribution in [2.24, 2.45) is 0 Å². The first-order valence-corrected chi connectivity index (χ1v) is 5.92. The van der Waals surface area contributed by atoms with E-state index in [1.165, 1.54) is 0 Å². The van der Waals surface area contributed by atoms with Crippen LogP contribution < -0.4 is 0 Å². The normalized spacial score (nSPS) is 26.4. The lowest BCUT2D eigenvalue weighted by molar-refractivity contribution is -0.0865. The minimum absolute atomic E-state index is 0.0936. The Morgan fingerprint density at radius 3 is 2.82 bits per heavy atom. The molecule has 96 valence electrons. The molecule has 0 saturated carbocycles. The maximum absolute atomic E-state index is 9.53. The smallest absolute Gasteiger partial charge is 0.138 e. The van der Waals surface area contributed by atoms with Crippen molar-refractivity contribution in [1.29, 1.82) is 0 Å². The molecule has 5 nitrogen and oxygen atoms in total. The molecule has 1 aliphatic rings. The van der Waals surface area contributed by atoms with E-state index in [1.54, 1.807) is 0 Å². The van der Waals surface area contributed by atoms with Crippen LogP contribution in [0.5, 0.6) is 0 Å². The Bertz CT molecular complexity index is 372. The Hall–Kier alpha value is -0.910. The molecule has 1 atom stereocenters. The van der Waals surface area contributed by atoms with Crippen LogP contribution in [0.25, 0.3) is 0 Å². The molecule has 1 unspecified atom stereocenters. The fourth-order valence-corrected chi connectivity index (χ4v) is 2.16. The summed E-state index contributed by atoms with van der Waals surface area (Å²) in [5, 5.41) is 13.5. The molecule has 0 radical (unpaired) electrons. The van der Waals surface area contributed by atoms with E-state index >= 15 is 0 Å². The number of rotatable bonds is 3. The molecule has 5 heteroatoms. The van der Waals surface area contributed by atoms with E-state index in [9.17, 15) is 5.11 Å². The number of hydrogen-bond acceptors (Lipinski definition) is 5. The molecule has 1 aromatic rings. The summed E-state index contributed by atoms with van der Waals surface area (Å²) >= 11 is 0. The molecule has 0 aromatic carbocycles. The first kappa shape index (κ1) is 12.5. The zero-order valence-corrected chi connectivity index (χ0v) is 10.7. The Labute approximate surface area is 101 Å². The molecule has 1 N–H and O–H groups in total. The van der Waals surface area contributed by atoms with Crippen molar-refractivity contribution in [1.82, 2.24) is 10.1 Å². The summed E-state index contributed by atoms with van der Waals surface area (Å²) < 4.78 is 10.6. The minimum atomic E-state index is -0.311. The third-order valence-corrected chi connectivity index (χ3v) is 3.55. The summed E-state index contributed by atoms with van der Waals surface area (Å²) in [6.07, 6.45) is 0. The van der Waals surface area contributed by atoms with Gasteiger partial charge in [0.1, 0.15) is 5.76 Å². The van der Waals surface area contributed by atoms with E-state index in [4.69, 9.17) is 9.26 Å². The summed E-state index contributed by atoms with van der Waals surface area (Å²) in [6.45, 7) is 8.82. The van der Waals surface area contributed by atoms with Crippen LogP contribution in [0.15, 0.2) is 4.52 Å². The number of aliphatic hydroxyl groups excluding tert-OH is 1. The van der Waals surface area contributed by atoms with E-state index in [-0.39, 0.29) is 12.1 Å². The van der Waals surface area contributed by atoms with E-state index in [0.29, 0.717) is 13.2 Å². The largest absolute Gasteiger partial charge is 0.394 e. The van der Waals surface area contributed by atoms with E-state index in [0.717, 1.165) is 30.1 Å². The van der Waals surface area contributed by atoms with Gasteiger partial charge >= 0.3 is 0 Å². The molecule has 1 saturated heterocycles. The predicted molar refractivity (Wildman–Crippen MR) is 62.7 cm³/mol. The minimum Gasteiger partial charge on any atom is -0.394 e. The van der Waals surface area contributed by atoms with Gasteiger partial charge in [-0.05, 0) is 20.8 Å². The molecule has 0 aliphatic carbocycles. The molecule has 1 aliphatic heterocycles. The summed E-state index contributed by atoms with van der Waals surface area (Å²) in [4.78, 5) is 2.24. The Balaban J connectivity index is 2.16. The second-order valence-corrected chi connectivity index (χ2v) is 4.93. The van der Waals surface area contributed by atoms with Gasteiger partial charge < -0.3 is 14.4 Å². The SMILES string of the molecule is Cc1noc(C)c1CN1CCOCC1(C)CO. The van der Waals surface area contributed by atoms with Crippen molar-refractivity contribution in [2.45, 2.75) is 32.9 Å². The van der Waals surface area contributed by atoms with Gasteiger partial charge in [-0.1, -0.05) is 5.16 Å². The van der Waals surface area contributed by atoms with Gasteiger partial charge in [0.05, 0.1) is 31.1 Å². The molecule has 1 fully saturated rings. The summed E-state index contributed by atoms with van der Waals surface area (Å²) in [5.41, 5.74) is 1.73. The molecule has 1 aromatic heterocycles. The molecule has 0 bridgehead atoms. The molecule has 0 amide bonds. The van der Waals surface area contributed by atoms with Crippen molar-refractivity contribution in [3.63, 3.8) is 0 Å². The van der Waals surface area contributed by atoms with Gasteiger partial charge in [-0.25, -0.2) is 0 Å². The topological polar surface area (TPSA) is 58.7 Å². The van der Waals surface area contributed by atoms with Crippen LogP contribution in [0.1, 0.15) is 23.9 Å². The number of hydrogen-bond donors (Lipinski definition) is 1. The lowest BCUT2D eigenvalue weighted by Crippen LogP contribution is -2.56. The Morgan fingerprint density at radius 1 is 1.47 bits per heavy atom. The second-order valence-electron chi connectivity index (χ2n) is 4.93.